The molecule has 2 rings (SSSR count). The van der Waals surface area contributed by atoms with Crippen molar-refractivity contribution in [3.05, 3.63) is 30.3 Å². The van der Waals surface area contributed by atoms with Crippen LogP contribution in [0.2, 0.25) is 0 Å². The van der Waals surface area contributed by atoms with E-state index < -0.39 is 0 Å². The third-order valence-electron chi connectivity index (χ3n) is 2.87. The molecule has 1 fully saturated rings. The van der Waals surface area contributed by atoms with E-state index in [0.717, 1.165) is 19.5 Å². The molecule has 1 aliphatic rings. The molecule has 0 aromatic heterocycles. The minimum Gasteiger partial charge on any atom is -0.369 e. The van der Waals surface area contributed by atoms with Gasteiger partial charge in [0.1, 0.15) is 0 Å². The lowest BCUT2D eigenvalue weighted by Gasteiger charge is -2.18. The van der Waals surface area contributed by atoms with E-state index in [1.807, 2.05) is 32.0 Å². The molecule has 4 nitrogen and oxygen atoms in total. The fraction of sp³-hybridized carbons (Fsp3) is 0.500. The molecule has 18 heavy (non-hydrogen) atoms. The Kier molecular flexibility index (Phi) is 6.05. The number of carbonyl (C=O) groups excluding carboxylic acids is 1. The van der Waals surface area contributed by atoms with Crippen molar-refractivity contribution in [1.82, 2.24) is 10.6 Å². The molecule has 1 aromatic rings. The summed E-state index contributed by atoms with van der Waals surface area (Å²) in [7, 11) is 1.64. The van der Waals surface area contributed by atoms with Gasteiger partial charge in [-0.1, -0.05) is 32.0 Å². The van der Waals surface area contributed by atoms with Crippen molar-refractivity contribution >= 4 is 11.7 Å². The summed E-state index contributed by atoms with van der Waals surface area (Å²) in [6.07, 6.45) is 1.00. The Bertz CT molecular complexity index is 353. The van der Waals surface area contributed by atoms with Crippen LogP contribution < -0.4 is 15.5 Å². The Labute approximate surface area is 109 Å². The SMILES string of the molecule is CC.CNC(=O)NC1CCN(c2ccccc2)C1. The van der Waals surface area contributed by atoms with Gasteiger partial charge in [-0.25, -0.2) is 4.79 Å². The van der Waals surface area contributed by atoms with E-state index >= 15 is 0 Å². The van der Waals surface area contributed by atoms with Crippen molar-refractivity contribution in [2.24, 2.45) is 0 Å². The molecule has 1 heterocycles. The Balaban J connectivity index is 0.000000771. The lowest BCUT2D eigenvalue weighted by molar-refractivity contribution is 0.240. The van der Waals surface area contributed by atoms with Gasteiger partial charge in [0.05, 0.1) is 0 Å². The van der Waals surface area contributed by atoms with Gasteiger partial charge in [0.2, 0.25) is 0 Å². The van der Waals surface area contributed by atoms with Gasteiger partial charge in [0.25, 0.3) is 0 Å². The Morgan fingerprint density at radius 2 is 1.94 bits per heavy atom. The van der Waals surface area contributed by atoms with Gasteiger partial charge in [0.15, 0.2) is 0 Å². The quantitative estimate of drug-likeness (QED) is 0.844. The predicted molar refractivity (Wildman–Crippen MR) is 76.0 cm³/mol. The number of amides is 2. The van der Waals surface area contributed by atoms with Gasteiger partial charge in [0, 0.05) is 31.9 Å². The second-order valence-corrected chi connectivity index (χ2v) is 3.99. The third kappa shape index (κ3) is 3.95. The van der Waals surface area contributed by atoms with Crippen molar-refractivity contribution in [3.8, 4) is 0 Å². The van der Waals surface area contributed by atoms with Crippen molar-refractivity contribution in [2.75, 3.05) is 25.0 Å². The van der Waals surface area contributed by atoms with Crippen LogP contribution in [-0.4, -0.2) is 32.2 Å². The molecule has 1 atom stereocenters. The summed E-state index contributed by atoms with van der Waals surface area (Å²) in [4.78, 5) is 13.5. The minimum absolute atomic E-state index is 0.0973. The molecule has 2 N–H and O–H groups in total. The van der Waals surface area contributed by atoms with Crippen molar-refractivity contribution < 1.29 is 4.79 Å². The van der Waals surface area contributed by atoms with E-state index in [1.54, 1.807) is 7.05 Å². The monoisotopic (exact) mass is 249 g/mol. The van der Waals surface area contributed by atoms with Crippen molar-refractivity contribution in [1.29, 1.82) is 0 Å². The summed E-state index contributed by atoms with van der Waals surface area (Å²) in [5.41, 5.74) is 1.23. The summed E-state index contributed by atoms with van der Waals surface area (Å²) in [5.74, 6) is 0. The van der Waals surface area contributed by atoms with E-state index in [1.165, 1.54) is 5.69 Å². The maximum Gasteiger partial charge on any atom is 0.314 e. The highest BCUT2D eigenvalue weighted by atomic mass is 16.2. The lowest BCUT2D eigenvalue weighted by Crippen LogP contribution is -2.41. The zero-order valence-corrected chi connectivity index (χ0v) is 11.4. The van der Waals surface area contributed by atoms with Crippen LogP contribution in [0.4, 0.5) is 10.5 Å². The van der Waals surface area contributed by atoms with Crippen molar-refractivity contribution in [2.45, 2.75) is 26.3 Å². The average Bonchev–Trinajstić information content (AvgIpc) is 2.90. The second-order valence-electron chi connectivity index (χ2n) is 3.99. The van der Waals surface area contributed by atoms with Gasteiger partial charge in [-0.05, 0) is 18.6 Å². The molecule has 2 amide bonds. The van der Waals surface area contributed by atoms with Gasteiger partial charge >= 0.3 is 6.03 Å². The fourth-order valence-corrected chi connectivity index (χ4v) is 2.01. The Morgan fingerprint density at radius 1 is 1.28 bits per heavy atom. The third-order valence-corrected chi connectivity index (χ3v) is 2.87. The summed E-state index contributed by atoms with van der Waals surface area (Å²) >= 11 is 0. The largest absolute Gasteiger partial charge is 0.369 e. The van der Waals surface area contributed by atoms with Crippen LogP contribution >= 0.6 is 0 Å². The molecule has 100 valence electrons. The highest BCUT2D eigenvalue weighted by molar-refractivity contribution is 5.74. The van der Waals surface area contributed by atoms with E-state index in [4.69, 9.17) is 0 Å². The number of hydrogen-bond acceptors (Lipinski definition) is 2. The number of benzene rings is 1. The molecular weight excluding hydrogens is 226 g/mol. The minimum atomic E-state index is -0.0973. The maximum atomic E-state index is 11.2. The summed E-state index contributed by atoms with van der Waals surface area (Å²) in [5, 5.41) is 5.51. The first-order valence-electron chi connectivity index (χ1n) is 6.58. The van der Waals surface area contributed by atoms with E-state index in [0.29, 0.717) is 0 Å². The summed E-state index contributed by atoms with van der Waals surface area (Å²) in [6.45, 7) is 5.89. The summed E-state index contributed by atoms with van der Waals surface area (Å²) < 4.78 is 0. The fourth-order valence-electron chi connectivity index (χ4n) is 2.01. The predicted octanol–water partition coefficient (Wildman–Crippen LogP) is 2.22. The van der Waals surface area contributed by atoms with E-state index in [9.17, 15) is 4.79 Å². The van der Waals surface area contributed by atoms with Crippen LogP contribution in [0.15, 0.2) is 30.3 Å². The first kappa shape index (κ1) is 14.4. The Hall–Kier alpha value is -1.71. The average molecular weight is 249 g/mol. The zero-order chi connectivity index (χ0) is 13.4. The number of carbonyl (C=O) groups is 1. The van der Waals surface area contributed by atoms with Gasteiger partial charge < -0.3 is 15.5 Å². The standard InChI is InChI=1S/C12H17N3O.C2H6/c1-13-12(16)14-10-7-8-15(9-10)11-5-3-2-4-6-11;1-2/h2-6,10H,7-9H2,1H3,(H2,13,14,16);1-2H3. The number of nitrogens with zero attached hydrogens (tertiary/aromatic N) is 1. The number of nitrogens with one attached hydrogen (secondary N) is 2. The second kappa shape index (κ2) is 7.58. The van der Waals surface area contributed by atoms with Crippen LogP contribution in [0.1, 0.15) is 20.3 Å². The van der Waals surface area contributed by atoms with Crippen LogP contribution in [0.25, 0.3) is 0 Å². The molecule has 1 aliphatic heterocycles. The molecule has 1 unspecified atom stereocenters. The molecule has 0 aliphatic carbocycles. The molecule has 1 saturated heterocycles. The Morgan fingerprint density at radius 3 is 2.56 bits per heavy atom. The molecular formula is C14H23N3O. The molecule has 1 aromatic carbocycles. The molecule has 0 saturated carbocycles. The van der Waals surface area contributed by atoms with Crippen LogP contribution in [0, 0.1) is 0 Å². The van der Waals surface area contributed by atoms with E-state index in [2.05, 4.69) is 27.7 Å². The highest BCUT2D eigenvalue weighted by Gasteiger charge is 2.23. The summed E-state index contributed by atoms with van der Waals surface area (Å²) in [6, 6.07) is 10.4. The first-order valence-corrected chi connectivity index (χ1v) is 6.58. The molecule has 0 radical (unpaired) electrons. The van der Waals surface area contributed by atoms with Gasteiger partial charge in [-0.15, -0.1) is 0 Å². The molecule has 0 spiro atoms. The normalized spacial score (nSPS) is 17.7. The molecule has 0 bridgehead atoms. The first-order chi connectivity index (χ1) is 8.79. The lowest BCUT2D eigenvalue weighted by atomic mass is 10.3. The maximum absolute atomic E-state index is 11.2. The van der Waals surface area contributed by atoms with Gasteiger partial charge in [-0.3, -0.25) is 0 Å². The number of hydrogen-bond donors (Lipinski definition) is 2. The van der Waals surface area contributed by atoms with E-state index in [-0.39, 0.29) is 12.1 Å². The molecule has 4 heteroatoms. The topological polar surface area (TPSA) is 44.4 Å². The number of anilines is 1. The smallest absolute Gasteiger partial charge is 0.314 e. The van der Waals surface area contributed by atoms with Crippen LogP contribution in [0.5, 0.6) is 0 Å². The van der Waals surface area contributed by atoms with Crippen LogP contribution in [-0.2, 0) is 0 Å². The number of para-hydroxylation sites is 1. The number of rotatable bonds is 2. The highest BCUT2D eigenvalue weighted by Crippen LogP contribution is 2.19. The zero-order valence-electron chi connectivity index (χ0n) is 11.4. The van der Waals surface area contributed by atoms with Gasteiger partial charge in [-0.2, -0.15) is 0 Å². The number of urea groups is 1. The van der Waals surface area contributed by atoms with Crippen molar-refractivity contribution in [3.63, 3.8) is 0 Å². The van der Waals surface area contributed by atoms with Crippen LogP contribution in [0.3, 0.4) is 0 Å².